The van der Waals surface area contributed by atoms with E-state index in [1.54, 1.807) is 6.08 Å². The molecule has 0 radical (unpaired) electrons. The fourth-order valence-corrected chi connectivity index (χ4v) is 5.91. The highest BCUT2D eigenvalue weighted by atomic mass is 32.2. The van der Waals surface area contributed by atoms with Crippen LogP contribution in [-0.4, -0.2) is 25.5 Å². The molecule has 2 saturated carbocycles. The molecule has 2 bridgehead atoms. The third-order valence-corrected chi connectivity index (χ3v) is 7.34. The average Bonchev–Trinajstić information content (AvgIpc) is 3.26. The number of hydrogen-bond acceptors (Lipinski definition) is 3. The van der Waals surface area contributed by atoms with Crippen LogP contribution in [0.1, 0.15) is 56.1 Å². The number of fused-ring (bicyclic) bond motifs is 2. The summed E-state index contributed by atoms with van der Waals surface area (Å²) in [5, 5.41) is 9.97. The maximum absolute atomic E-state index is 12.7. The van der Waals surface area contributed by atoms with Crippen LogP contribution in [0, 0.1) is 24.7 Å². The Bertz CT molecular complexity index is 857. The number of carboxylic acids is 1. The summed E-state index contributed by atoms with van der Waals surface area (Å²) in [6.45, 7) is 2.00. The van der Waals surface area contributed by atoms with Crippen molar-refractivity contribution in [2.24, 2.45) is 17.8 Å². The van der Waals surface area contributed by atoms with Crippen molar-refractivity contribution in [3.8, 4) is 0 Å². The van der Waals surface area contributed by atoms with Gasteiger partial charge in [0.1, 0.15) is 0 Å². The van der Waals surface area contributed by atoms with Gasteiger partial charge < -0.3 is 5.11 Å². The molecule has 4 atom stereocenters. The van der Waals surface area contributed by atoms with Crippen LogP contribution in [0.4, 0.5) is 0 Å². The fourth-order valence-electron chi connectivity index (χ4n) is 4.75. The maximum atomic E-state index is 12.7. The molecule has 6 heteroatoms. The van der Waals surface area contributed by atoms with E-state index < -0.39 is 16.0 Å². The van der Waals surface area contributed by atoms with Gasteiger partial charge in [-0.1, -0.05) is 42.0 Å². The monoisotopic (exact) mass is 417 g/mol. The highest BCUT2D eigenvalue weighted by Crippen LogP contribution is 2.50. The number of aliphatic carboxylic acids is 1. The van der Waals surface area contributed by atoms with Crippen molar-refractivity contribution in [1.29, 1.82) is 0 Å². The predicted octanol–water partition coefficient (Wildman–Crippen LogP) is 4.50. The highest BCUT2D eigenvalue weighted by Gasteiger charge is 2.47. The van der Waals surface area contributed by atoms with Gasteiger partial charge in [-0.2, -0.15) is 0 Å². The molecule has 4 unspecified atom stereocenters. The van der Waals surface area contributed by atoms with E-state index in [0.29, 0.717) is 24.2 Å². The number of allylic oxidation sites excluding steroid dienone is 2. The van der Waals surface area contributed by atoms with Gasteiger partial charge in [0, 0.05) is 17.9 Å². The lowest BCUT2D eigenvalue weighted by atomic mass is 9.83. The summed E-state index contributed by atoms with van der Waals surface area (Å²) in [6.07, 6.45) is 11.6. The normalized spacial score (nSPS) is 26.7. The van der Waals surface area contributed by atoms with Crippen molar-refractivity contribution < 1.29 is 18.3 Å². The molecule has 0 amide bonds. The van der Waals surface area contributed by atoms with Crippen LogP contribution in [0.3, 0.4) is 0 Å². The summed E-state index contributed by atoms with van der Waals surface area (Å²) < 4.78 is 28.3. The number of rotatable bonds is 10. The molecule has 158 valence electrons. The molecule has 2 aliphatic carbocycles. The second-order valence-electron chi connectivity index (χ2n) is 8.39. The Morgan fingerprint density at radius 3 is 2.62 bits per heavy atom. The number of unbranched alkanes of at least 4 members (excludes halogenated alkanes) is 1. The van der Waals surface area contributed by atoms with Crippen molar-refractivity contribution in [3.63, 3.8) is 0 Å². The SMILES string of the molecule is Cc1ccc(/C=C/S(=O)(=O)NC2C3CCC(C3)C2C/C=C/CCCC(=O)O)cc1. The highest BCUT2D eigenvalue weighted by molar-refractivity contribution is 7.92. The maximum Gasteiger partial charge on any atom is 0.303 e. The van der Waals surface area contributed by atoms with Crippen LogP contribution in [0.15, 0.2) is 41.8 Å². The number of sulfonamides is 1. The molecule has 5 nitrogen and oxygen atoms in total. The van der Waals surface area contributed by atoms with Crippen molar-refractivity contribution in [3.05, 3.63) is 53.0 Å². The van der Waals surface area contributed by atoms with E-state index in [2.05, 4.69) is 10.8 Å². The minimum atomic E-state index is -3.50. The van der Waals surface area contributed by atoms with Gasteiger partial charge in [0.15, 0.2) is 0 Å². The van der Waals surface area contributed by atoms with Gasteiger partial charge >= 0.3 is 5.97 Å². The van der Waals surface area contributed by atoms with Crippen LogP contribution in [0.2, 0.25) is 0 Å². The Balaban J connectivity index is 1.58. The van der Waals surface area contributed by atoms with Crippen molar-refractivity contribution >= 4 is 22.1 Å². The largest absolute Gasteiger partial charge is 0.481 e. The number of carbonyl (C=O) groups is 1. The smallest absolute Gasteiger partial charge is 0.303 e. The van der Waals surface area contributed by atoms with Crippen LogP contribution in [0.25, 0.3) is 6.08 Å². The average molecular weight is 418 g/mol. The van der Waals surface area contributed by atoms with Crippen LogP contribution < -0.4 is 4.72 Å². The zero-order valence-electron chi connectivity index (χ0n) is 17.0. The molecule has 0 spiro atoms. The summed E-state index contributed by atoms with van der Waals surface area (Å²) in [6, 6.07) is 7.75. The quantitative estimate of drug-likeness (QED) is 0.434. The molecule has 2 aliphatic rings. The molecule has 1 aromatic carbocycles. The van der Waals surface area contributed by atoms with E-state index in [9.17, 15) is 13.2 Å². The lowest BCUT2D eigenvalue weighted by Gasteiger charge is -2.30. The minimum Gasteiger partial charge on any atom is -0.481 e. The van der Waals surface area contributed by atoms with Crippen LogP contribution in [0.5, 0.6) is 0 Å². The third-order valence-electron chi connectivity index (χ3n) is 6.24. The molecule has 3 rings (SSSR count). The molecular weight excluding hydrogens is 386 g/mol. The predicted molar refractivity (Wildman–Crippen MR) is 116 cm³/mol. The molecule has 29 heavy (non-hydrogen) atoms. The van der Waals surface area contributed by atoms with E-state index in [4.69, 9.17) is 5.11 Å². The summed E-state index contributed by atoms with van der Waals surface area (Å²) in [5.41, 5.74) is 2.01. The molecule has 1 aromatic rings. The van der Waals surface area contributed by atoms with Crippen molar-refractivity contribution in [2.45, 2.75) is 57.9 Å². The Morgan fingerprint density at radius 1 is 1.17 bits per heavy atom. The molecule has 2 fully saturated rings. The first kappa shape index (κ1) is 21.8. The summed E-state index contributed by atoms with van der Waals surface area (Å²) in [4.78, 5) is 10.6. The van der Waals surface area contributed by atoms with Crippen molar-refractivity contribution in [1.82, 2.24) is 4.72 Å². The second kappa shape index (κ2) is 9.72. The number of hydrogen-bond donors (Lipinski definition) is 2. The van der Waals surface area contributed by atoms with Crippen LogP contribution in [-0.2, 0) is 14.8 Å². The number of aryl methyl sites for hydroxylation is 1. The van der Waals surface area contributed by atoms with Gasteiger partial charge in [0.25, 0.3) is 0 Å². The van der Waals surface area contributed by atoms with Gasteiger partial charge in [0.05, 0.1) is 0 Å². The number of benzene rings is 1. The summed E-state index contributed by atoms with van der Waals surface area (Å²) in [7, 11) is -3.50. The second-order valence-corrected chi connectivity index (χ2v) is 9.99. The standard InChI is InChI=1S/C23H31NO4S/c1-17-8-10-18(11-9-17)14-15-29(27,28)24-23-20-13-12-19(16-20)21(23)6-4-2-3-5-7-22(25)26/h2,4,8-11,14-15,19-21,23-24H,3,5-7,12-13,16H2,1H3,(H,25,26)/b4-2+,15-14+. The molecule has 0 heterocycles. The van der Waals surface area contributed by atoms with Gasteiger partial charge in [-0.15, -0.1) is 0 Å². The number of carboxylic acid groups (broad SMARTS) is 1. The van der Waals surface area contributed by atoms with E-state index >= 15 is 0 Å². The Labute approximate surface area is 174 Å². The zero-order chi connectivity index (χ0) is 20.9. The van der Waals surface area contributed by atoms with Gasteiger partial charge in [-0.05, 0) is 74.8 Å². The molecule has 0 aromatic heterocycles. The lowest BCUT2D eigenvalue weighted by Crippen LogP contribution is -2.43. The molecule has 0 saturated heterocycles. The van der Waals surface area contributed by atoms with Gasteiger partial charge in [-0.25, -0.2) is 13.1 Å². The van der Waals surface area contributed by atoms with Crippen LogP contribution >= 0.6 is 0 Å². The lowest BCUT2D eigenvalue weighted by molar-refractivity contribution is -0.137. The topological polar surface area (TPSA) is 83.5 Å². The number of nitrogens with one attached hydrogen (secondary N) is 1. The Kier molecular flexibility index (Phi) is 7.30. The van der Waals surface area contributed by atoms with E-state index in [-0.39, 0.29) is 12.5 Å². The third kappa shape index (κ3) is 6.28. The van der Waals surface area contributed by atoms with E-state index in [1.807, 2.05) is 37.3 Å². The first-order valence-electron chi connectivity index (χ1n) is 10.5. The van der Waals surface area contributed by atoms with E-state index in [0.717, 1.165) is 36.8 Å². The van der Waals surface area contributed by atoms with Gasteiger partial charge in [-0.3, -0.25) is 4.79 Å². The summed E-state index contributed by atoms with van der Waals surface area (Å²) in [5.74, 6) is 0.567. The van der Waals surface area contributed by atoms with Gasteiger partial charge in [0.2, 0.25) is 10.0 Å². The first-order chi connectivity index (χ1) is 13.8. The first-order valence-corrected chi connectivity index (χ1v) is 12.0. The Morgan fingerprint density at radius 2 is 1.90 bits per heavy atom. The van der Waals surface area contributed by atoms with E-state index in [1.165, 1.54) is 11.8 Å². The zero-order valence-corrected chi connectivity index (χ0v) is 17.8. The fraction of sp³-hybridized carbons (Fsp3) is 0.522. The van der Waals surface area contributed by atoms with Crippen molar-refractivity contribution in [2.75, 3.05) is 0 Å². The Hall–Kier alpha value is -1.92. The molecule has 0 aliphatic heterocycles. The molecular formula is C23H31NO4S. The minimum absolute atomic E-state index is 0.00918. The summed E-state index contributed by atoms with van der Waals surface area (Å²) >= 11 is 0. The molecule has 2 N–H and O–H groups in total.